The summed E-state index contributed by atoms with van der Waals surface area (Å²) in [6.45, 7) is 6.62. The number of aryl methyl sites for hydroxylation is 1. The Hall–Kier alpha value is -1.39. The second kappa shape index (κ2) is 5.19. The minimum atomic E-state index is -0.550. The Bertz CT molecular complexity index is 520. The third-order valence-electron chi connectivity index (χ3n) is 4.35. The van der Waals surface area contributed by atoms with Gasteiger partial charge in [0.2, 0.25) is 0 Å². The molecule has 2 saturated heterocycles. The van der Waals surface area contributed by atoms with Gasteiger partial charge in [-0.3, -0.25) is 4.79 Å². The van der Waals surface area contributed by atoms with Gasteiger partial charge >= 0.3 is 0 Å². The monoisotopic (exact) mass is 275 g/mol. The van der Waals surface area contributed by atoms with Crippen LogP contribution in [0.15, 0.2) is 18.2 Å². The van der Waals surface area contributed by atoms with E-state index in [1.165, 1.54) is 0 Å². The standard InChI is InChI=1S/C16H21NO3/c1-12-5-3-6-14(13(12)2)15(18)17-8-4-7-16(11-17)19-9-10-20-16/h3,5-6H,4,7-11H2,1-2H3. The maximum absolute atomic E-state index is 12.7. The van der Waals surface area contributed by atoms with Crippen LogP contribution in [0, 0.1) is 13.8 Å². The van der Waals surface area contributed by atoms with Crippen molar-refractivity contribution in [3.05, 3.63) is 34.9 Å². The average molecular weight is 275 g/mol. The molecule has 0 aromatic heterocycles. The lowest BCUT2D eigenvalue weighted by Gasteiger charge is -2.38. The number of hydrogen-bond acceptors (Lipinski definition) is 3. The van der Waals surface area contributed by atoms with Gasteiger partial charge in [-0.1, -0.05) is 12.1 Å². The van der Waals surface area contributed by atoms with Crippen LogP contribution in [0.25, 0.3) is 0 Å². The zero-order chi connectivity index (χ0) is 14.2. The van der Waals surface area contributed by atoms with Gasteiger partial charge in [0, 0.05) is 18.5 Å². The predicted octanol–water partition coefficient (Wildman–Crippen LogP) is 2.28. The number of piperidine rings is 1. The number of nitrogens with zero attached hydrogens (tertiary/aromatic N) is 1. The summed E-state index contributed by atoms with van der Waals surface area (Å²) in [5, 5.41) is 0. The van der Waals surface area contributed by atoms with Gasteiger partial charge in [0.15, 0.2) is 5.79 Å². The van der Waals surface area contributed by atoms with E-state index >= 15 is 0 Å². The van der Waals surface area contributed by atoms with Crippen LogP contribution in [0.5, 0.6) is 0 Å². The molecule has 20 heavy (non-hydrogen) atoms. The normalized spacial score (nSPS) is 21.4. The van der Waals surface area contributed by atoms with Crippen molar-refractivity contribution in [3.8, 4) is 0 Å². The van der Waals surface area contributed by atoms with Gasteiger partial charge in [-0.25, -0.2) is 0 Å². The molecule has 0 bridgehead atoms. The highest BCUT2D eigenvalue weighted by Gasteiger charge is 2.42. The molecule has 0 N–H and O–H groups in total. The first-order valence-corrected chi connectivity index (χ1v) is 7.25. The van der Waals surface area contributed by atoms with E-state index in [9.17, 15) is 4.79 Å². The lowest BCUT2D eigenvalue weighted by molar-refractivity contribution is -0.183. The van der Waals surface area contributed by atoms with Gasteiger partial charge < -0.3 is 14.4 Å². The van der Waals surface area contributed by atoms with Crippen molar-refractivity contribution in [1.29, 1.82) is 0 Å². The summed E-state index contributed by atoms with van der Waals surface area (Å²) in [4.78, 5) is 14.6. The van der Waals surface area contributed by atoms with Crippen molar-refractivity contribution in [3.63, 3.8) is 0 Å². The molecule has 2 fully saturated rings. The molecule has 2 heterocycles. The molecule has 0 radical (unpaired) electrons. The topological polar surface area (TPSA) is 38.8 Å². The number of likely N-dealkylation sites (tertiary alicyclic amines) is 1. The van der Waals surface area contributed by atoms with Crippen LogP contribution >= 0.6 is 0 Å². The molecule has 1 aromatic carbocycles. The first kappa shape index (κ1) is 13.6. The molecule has 1 spiro atoms. The number of carbonyl (C=O) groups is 1. The molecule has 4 nitrogen and oxygen atoms in total. The maximum atomic E-state index is 12.7. The van der Waals surface area contributed by atoms with Crippen molar-refractivity contribution in [2.24, 2.45) is 0 Å². The van der Waals surface area contributed by atoms with E-state index in [0.29, 0.717) is 19.8 Å². The first-order valence-electron chi connectivity index (χ1n) is 7.25. The van der Waals surface area contributed by atoms with E-state index in [0.717, 1.165) is 36.1 Å². The van der Waals surface area contributed by atoms with Crippen molar-refractivity contribution >= 4 is 5.91 Å². The Kier molecular flexibility index (Phi) is 3.52. The summed E-state index contributed by atoms with van der Waals surface area (Å²) >= 11 is 0. The van der Waals surface area contributed by atoms with Crippen molar-refractivity contribution in [2.75, 3.05) is 26.3 Å². The zero-order valence-electron chi connectivity index (χ0n) is 12.1. The second-order valence-corrected chi connectivity index (χ2v) is 5.69. The quantitative estimate of drug-likeness (QED) is 0.789. The van der Waals surface area contributed by atoms with Crippen LogP contribution in [0.4, 0.5) is 0 Å². The van der Waals surface area contributed by atoms with Gasteiger partial charge in [0.1, 0.15) is 0 Å². The van der Waals surface area contributed by atoms with Gasteiger partial charge in [0.05, 0.1) is 19.8 Å². The summed E-state index contributed by atoms with van der Waals surface area (Å²) in [6.07, 6.45) is 1.81. The Morgan fingerprint density at radius 3 is 2.75 bits per heavy atom. The fourth-order valence-electron chi connectivity index (χ4n) is 3.05. The second-order valence-electron chi connectivity index (χ2n) is 5.69. The molecule has 0 atom stereocenters. The summed E-state index contributed by atoms with van der Waals surface area (Å²) in [5.41, 5.74) is 3.00. The van der Waals surface area contributed by atoms with E-state index in [4.69, 9.17) is 9.47 Å². The third kappa shape index (κ3) is 2.34. The van der Waals surface area contributed by atoms with E-state index in [2.05, 4.69) is 0 Å². The minimum absolute atomic E-state index is 0.0874. The molecule has 108 valence electrons. The molecule has 0 aliphatic carbocycles. The van der Waals surface area contributed by atoms with Crippen LogP contribution in [-0.2, 0) is 9.47 Å². The molecular formula is C16H21NO3. The van der Waals surface area contributed by atoms with Crippen molar-refractivity contribution in [2.45, 2.75) is 32.5 Å². The number of rotatable bonds is 1. The molecular weight excluding hydrogens is 254 g/mol. The summed E-state index contributed by atoms with van der Waals surface area (Å²) in [5.74, 6) is -0.463. The molecule has 2 aliphatic heterocycles. The van der Waals surface area contributed by atoms with Crippen molar-refractivity contribution in [1.82, 2.24) is 4.90 Å². The smallest absolute Gasteiger partial charge is 0.254 e. The van der Waals surface area contributed by atoms with E-state index in [-0.39, 0.29) is 5.91 Å². The Morgan fingerprint density at radius 1 is 1.25 bits per heavy atom. The van der Waals surface area contributed by atoms with Crippen LogP contribution < -0.4 is 0 Å². The van der Waals surface area contributed by atoms with Crippen LogP contribution in [0.3, 0.4) is 0 Å². The average Bonchev–Trinajstić information content (AvgIpc) is 2.89. The first-order chi connectivity index (χ1) is 9.61. The SMILES string of the molecule is Cc1cccc(C(=O)N2CCCC3(C2)OCCO3)c1C. The number of amides is 1. The van der Waals surface area contributed by atoms with Gasteiger partial charge in [-0.2, -0.15) is 0 Å². The Labute approximate surface area is 119 Å². The predicted molar refractivity (Wildman–Crippen MR) is 75.7 cm³/mol. The van der Waals surface area contributed by atoms with E-state index in [1.807, 2.05) is 36.9 Å². The number of carbonyl (C=O) groups excluding carboxylic acids is 1. The lowest BCUT2D eigenvalue weighted by Crippen LogP contribution is -2.51. The summed E-state index contributed by atoms with van der Waals surface area (Å²) < 4.78 is 11.5. The van der Waals surface area contributed by atoms with Crippen molar-refractivity contribution < 1.29 is 14.3 Å². The molecule has 4 heteroatoms. The Morgan fingerprint density at radius 2 is 2.00 bits per heavy atom. The highest BCUT2D eigenvalue weighted by Crippen LogP contribution is 2.31. The summed E-state index contributed by atoms with van der Waals surface area (Å²) in [7, 11) is 0. The van der Waals surface area contributed by atoms with Crippen LogP contribution in [0.2, 0.25) is 0 Å². The third-order valence-corrected chi connectivity index (χ3v) is 4.35. The van der Waals surface area contributed by atoms with Gasteiger partial charge in [-0.05, 0) is 37.5 Å². The zero-order valence-corrected chi connectivity index (χ0v) is 12.1. The molecule has 0 saturated carbocycles. The lowest BCUT2D eigenvalue weighted by atomic mass is 9.99. The molecule has 1 aromatic rings. The van der Waals surface area contributed by atoms with E-state index < -0.39 is 5.79 Å². The number of ether oxygens (including phenoxy) is 2. The molecule has 0 unspecified atom stereocenters. The molecule has 2 aliphatic rings. The van der Waals surface area contributed by atoms with Gasteiger partial charge in [0.25, 0.3) is 5.91 Å². The Balaban J connectivity index is 1.81. The van der Waals surface area contributed by atoms with Crippen LogP contribution in [-0.4, -0.2) is 42.9 Å². The summed E-state index contributed by atoms with van der Waals surface area (Å²) in [6, 6.07) is 5.88. The van der Waals surface area contributed by atoms with Gasteiger partial charge in [-0.15, -0.1) is 0 Å². The van der Waals surface area contributed by atoms with Crippen LogP contribution in [0.1, 0.15) is 34.3 Å². The number of benzene rings is 1. The fourth-order valence-corrected chi connectivity index (χ4v) is 3.05. The molecule has 3 rings (SSSR count). The highest BCUT2D eigenvalue weighted by atomic mass is 16.7. The largest absolute Gasteiger partial charge is 0.346 e. The fraction of sp³-hybridized carbons (Fsp3) is 0.562. The number of hydrogen-bond donors (Lipinski definition) is 0. The minimum Gasteiger partial charge on any atom is -0.346 e. The highest BCUT2D eigenvalue weighted by molar-refractivity contribution is 5.96. The molecule has 1 amide bonds. The maximum Gasteiger partial charge on any atom is 0.254 e. The van der Waals surface area contributed by atoms with E-state index in [1.54, 1.807) is 0 Å².